The van der Waals surface area contributed by atoms with Crippen molar-refractivity contribution < 1.29 is 19.0 Å². The van der Waals surface area contributed by atoms with Crippen LogP contribution in [0.5, 0.6) is 11.5 Å². The second kappa shape index (κ2) is 7.98. The largest absolute Gasteiger partial charge is 0.454 e. The van der Waals surface area contributed by atoms with Gasteiger partial charge in [0.25, 0.3) is 0 Å². The summed E-state index contributed by atoms with van der Waals surface area (Å²) >= 11 is 0. The molecular weight excluding hydrogens is 348 g/mol. The van der Waals surface area contributed by atoms with Crippen LogP contribution in [0.15, 0.2) is 30.5 Å². The summed E-state index contributed by atoms with van der Waals surface area (Å²) < 4.78 is 17.8. The predicted octanol–water partition coefficient (Wildman–Crippen LogP) is 1.32. The van der Waals surface area contributed by atoms with Crippen LogP contribution in [0.3, 0.4) is 0 Å². The van der Waals surface area contributed by atoms with Crippen molar-refractivity contribution in [3.63, 3.8) is 0 Å². The van der Waals surface area contributed by atoms with Gasteiger partial charge in [0, 0.05) is 39.5 Å². The SMILES string of the molecule is COCC(=O)NCC[C@@H]1CN(Cc2ccc3c(c2)OCO3)Cc2ccnn21. The van der Waals surface area contributed by atoms with Gasteiger partial charge < -0.3 is 19.5 Å². The topological polar surface area (TPSA) is 77.8 Å². The van der Waals surface area contributed by atoms with Gasteiger partial charge in [-0.05, 0) is 30.2 Å². The van der Waals surface area contributed by atoms with Gasteiger partial charge in [0.15, 0.2) is 11.5 Å². The zero-order valence-electron chi connectivity index (χ0n) is 15.4. The number of hydrogen-bond donors (Lipinski definition) is 1. The molecule has 0 unspecified atom stereocenters. The third-order valence-corrected chi connectivity index (χ3v) is 4.87. The zero-order chi connectivity index (χ0) is 18.6. The average Bonchev–Trinajstić information content (AvgIpc) is 3.30. The van der Waals surface area contributed by atoms with E-state index in [2.05, 4.69) is 32.1 Å². The molecule has 2 aliphatic rings. The number of benzene rings is 1. The minimum absolute atomic E-state index is 0.0912. The lowest BCUT2D eigenvalue weighted by Gasteiger charge is -2.34. The highest BCUT2D eigenvalue weighted by molar-refractivity contribution is 5.77. The Morgan fingerprint density at radius 3 is 3.11 bits per heavy atom. The van der Waals surface area contributed by atoms with Gasteiger partial charge in [-0.2, -0.15) is 5.10 Å². The Hall–Kier alpha value is -2.58. The summed E-state index contributed by atoms with van der Waals surface area (Å²) in [5.41, 5.74) is 2.38. The molecule has 0 saturated carbocycles. The first-order chi connectivity index (χ1) is 13.2. The fourth-order valence-electron chi connectivity index (χ4n) is 3.66. The van der Waals surface area contributed by atoms with Crippen LogP contribution in [0.1, 0.15) is 23.7 Å². The van der Waals surface area contributed by atoms with Crippen LogP contribution in [0.4, 0.5) is 0 Å². The van der Waals surface area contributed by atoms with E-state index in [4.69, 9.17) is 14.2 Å². The highest BCUT2D eigenvalue weighted by Gasteiger charge is 2.26. The Morgan fingerprint density at radius 2 is 2.22 bits per heavy atom. The summed E-state index contributed by atoms with van der Waals surface area (Å²) in [6, 6.07) is 8.38. The van der Waals surface area contributed by atoms with Crippen molar-refractivity contribution in [2.45, 2.75) is 25.6 Å². The van der Waals surface area contributed by atoms with E-state index in [1.807, 2.05) is 18.3 Å². The number of fused-ring (bicyclic) bond motifs is 2. The van der Waals surface area contributed by atoms with Crippen LogP contribution in [-0.4, -0.2) is 54.2 Å². The number of hydrogen-bond acceptors (Lipinski definition) is 6. The third-order valence-electron chi connectivity index (χ3n) is 4.87. The fraction of sp³-hybridized carbons (Fsp3) is 0.474. The molecule has 0 radical (unpaired) electrons. The lowest BCUT2D eigenvalue weighted by Crippen LogP contribution is -2.39. The first-order valence-corrected chi connectivity index (χ1v) is 9.12. The maximum atomic E-state index is 11.6. The number of ether oxygens (including phenoxy) is 3. The molecule has 2 aliphatic heterocycles. The van der Waals surface area contributed by atoms with Gasteiger partial charge in [-0.3, -0.25) is 14.4 Å². The van der Waals surface area contributed by atoms with E-state index < -0.39 is 0 Å². The highest BCUT2D eigenvalue weighted by Crippen LogP contribution is 2.33. The van der Waals surface area contributed by atoms with Crippen molar-refractivity contribution in [2.75, 3.05) is 33.6 Å². The average molecular weight is 372 g/mol. The maximum absolute atomic E-state index is 11.6. The molecule has 1 N–H and O–H groups in total. The monoisotopic (exact) mass is 372 g/mol. The first-order valence-electron chi connectivity index (χ1n) is 9.12. The van der Waals surface area contributed by atoms with Gasteiger partial charge in [0.05, 0.1) is 11.7 Å². The van der Waals surface area contributed by atoms with Crippen LogP contribution in [0, 0.1) is 0 Å². The Balaban J connectivity index is 1.39. The summed E-state index contributed by atoms with van der Waals surface area (Å²) in [6.07, 6.45) is 2.66. The second-order valence-electron chi connectivity index (χ2n) is 6.85. The predicted molar refractivity (Wildman–Crippen MR) is 97.4 cm³/mol. The van der Waals surface area contributed by atoms with Crippen molar-refractivity contribution in [3.05, 3.63) is 41.7 Å². The molecule has 8 heteroatoms. The smallest absolute Gasteiger partial charge is 0.245 e. The minimum Gasteiger partial charge on any atom is -0.454 e. The number of carbonyl (C=O) groups excluding carboxylic acids is 1. The van der Waals surface area contributed by atoms with Gasteiger partial charge in [-0.15, -0.1) is 0 Å². The lowest BCUT2D eigenvalue weighted by molar-refractivity contribution is -0.124. The molecule has 3 heterocycles. The summed E-state index contributed by atoms with van der Waals surface area (Å²) in [7, 11) is 1.52. The third kappa shape index (κ3) is 4.06. The molecule has 1 aromatic heterocycles. The van der Waals surface area contributed by atoms with Crippen molar-refractivity contribution >= 4 is 5.91 Å². The number of aromatic nitrogens is 2. The molecule has 4 rings (SSSR count). The molecule has 0 aliphatic carbocycles. The number of methoxy groups -OCH3 is 1. The Bertz CT molecular complexity index is 807. The molecular formula is C19H24N4O4. The Kier molecular flexibility index (Phi) is 5.26. The number of nitrogens with zero attached hydrogens (tertiary/aromatic N) is 3. The van der Waals surface area contributed by atoms with E-state index in [-0.39, 0.29) is 18.6 Å². The minimum atomic E-state index is -0.0915. The van der Waals surface area contributed by atoms with Crippen molar-refractivity contribution in [1.82, 2.24) is 20.0 Å². The highest BCUT2D eigenvalue weighted by atomic mass is 16.7. The van der Waals surface area contributed by atoms with Gasteiger partial charge in [-0.1, -0.05) is 6.07 Å². The molecule has 1 amide bonds. The number of amides is 1. The van der Waals surface area contributed by atoms with Crippen molar-refractivity contribution in [2.24, 2.45) is 0 Å². The van der Waals surface area contributed by atoms with Crippen LogP contribution in [-0.2, 0) is 22.6 Å². The molecule has 8 nitrogen and oxygen atoms in total. The summed E-state index contributed by atoms with van der Waals surface area (Å²) in [5.74, 6) is 1.53. The zero-order valence-corrected chi connectivity index (χ0v) is 15.4. The molecule has 144 valence electrons. The Morgan fingerprint density at radius 1 is 1.33 bits per heavy atom. The standard InChI is InChI=1S/C19H24N4O4/c1-25-12-19(24)20-6-4-15-10-22(11-16-5-7-21-23(15)16)9-14-2-3-17-18(8-14)27-13-26-17/h2-3,5,7-8,15H,4,6,9-13H2,1H3,(H,20,24)/t15-/m1/s1. The maximum Gasteiger partial charge on any atom is 0.245 e. The fourth-order valence-corrected chi connectivity index (χ4v) is 3.66. The van der Waals surface area contributed by atoms with E-state index in [0.29, 0.717) is 13.3 Å². The quantitative estimate of drug-likeness (QED) is 0.790. The van der Waals surface area contributed by atoms with E-state index >= 15 is 0 Å². The molecule has 27 heavy (non-hydrogen) atoms. The second-order valence-corrected chi connectivity index (χ2v) is 6.85. The Labute approximate surface area is 158 Å². The number of rotatable bonds is 7. The normalized spacial score (nSPS) is 18.3. The van der Waals surface area contributed by atoms with E-state index in [9.17, 15) is 4.79 Å². The molecule has 1 aromatic carbocycles. The molecule has 0 spiro atoms. The van der Waals surface area contributed by atoms with Gasteiger partial charge >= 0.3 is 0 Å². The van der Waals surface area contributed by atoms with Crippen LogP contribution in [0.2, 0.25) is 0 Å². The number of carbonyl (C=O) groups is 1. The first kappa shape index (κ1) is 17.8. The summed E-state index contributed by atoms with van der Waals surface area (Å²) in [6.45, 7) is 3.54. The van der Waals surface area contributed by atoms with E-state index in [0.717, 1.165) is 37.6 Å². The number of nitrogens with one attached hydrogen (secondary N) is 1. The summed E-state index contributed by atoms with van der Waals surface area (Å²) in [5, 5.41) is 7.37. The summed E-state index contributed by atoms with van der Waals surface area (Å²) in [4.78, 5) is 14.0. The van der Waals surface area contributed by atoms with Gasteiger partial charge in [0.1, 0.15) is 6.61 Å². The molecule has 1 atom stereocenters. The lowest BCUT2D eigenvalue weighted by atomic mass is 10.1. The van der Waals surface area contributed by atoms with Crippen molar-refractivity contribution in [3.8, 4) is 11.5 Å². The molecule has 0 bridgehead atoms. The van der Waals surface area contributed by atoms with Gasteiger partial charge in [-0.25, -0.2) is 0 Å². The van der Waals surface area contributed by atoms with Gasteiger partial charge in [0.2, 0.25) is 12.7 Å². The van der Waals surface area contributed by atoms with Crippen LogP contribution < -0.4 is 14.8 Å². The molecule has 2 aromatic rings. The van der Waals surface area contributed by atoms with Crippen LogP contribution in [0.25, 0.3) is 0 Å². The molecule has 0 fully saturated rings. The molecule has 0 saturated heterocycles. The van der Waals surface area contributed by atoms with Crippen LogP contribution >= 0.6 is 0 Å². The van der Waals surface area contributed by atoms with E-state index in [1.54, 1.807) is 0 Å². The van der Waals surface area contributed by atoms with Crippen molar-refractivity contribution in [1.29, 1.82) is 0 Å². The van der Waals surface area contributed by atoms with E-state index in [1.165, 1.54) is 18.4 Å².